The molecule has 2 atom stereocenters. The first-order chi connectivity index (χ1) is 15.3. The first-order valence-electron chi connectivity index (χ1n) is 10.5. The Balaban J connectivity index is 1.75. The Kier molecular flexibility index (Phi) is 9.47. The quantitative estimate of drug-likeness (QED) is 0.439. The van der Waals surface area contributed by atoms with Crippen LogP contribution in [0, 0.1) is 0 Å². The lowest BCUT2D eigenvalue weighted by Gasteiger charge is -2.16. The first-order valence-corrected chi connectivity index (χ1v) is 10.5. The van der Waals surface area contributed by atoms with Gasteiger partial charge < -0.3 is 20.1 Å². The molecule has 0 spiro atoms. The lowest BCUT2D eigenvalue weighted by Crippen LogP contribution is -2.40. The summed E-state index contributed by atoms with van der Waals surface area (Å²) in [5, 5.41) is 5.31. The maximum Gasteiger partial charge on any atom is 0.328 e. The van der Waals surface area contributed by atoms with E-state index < -0.39 is 30.4 Å². The molecule has 0 heterocycles. The fourth-order valence-electron chi connectivity index (χ4n) is 2.88. The highest BCUT2D eigenvalue weighted by Gasteiger charge is 2.18. The number of methoxy groups -OCH3 is 1. The van der Waals surface area contributed by atoms with E-state index in [9.17, 15) is 14.4 Å². The molecule has 0 bridgehead atoms. The largest absolute Gasteiger partial charge is 0.497 e. The van der Waals surface area contributed by atoms with Crippen LogP contribution in [-0.2, 0) is 25.5 Å². The zero-order valence-corrected chi connectivity index (χ0v) is 18.9. The van der Waals surface area contributed by atoms with E-state index in [4.69, 9.17) is 9.47 Å². The van der Waals surface area contributed by atoms with Gasteiger partial charge in [0.2, 0.25) is 5.91 Å². The Morgan fingerprint density at radius 3 is 2.22 bits per heavy atom. The molecule has 2 aromatic carbocycles. The molecule has 2 rings (SSSR count). The third-order valence-electron chi connectivity index (χ3n) is 4.87. The van der Waals surface area contributed by atoms with E-state index in [1.165, 1.54) is 18.6 Å². The summed E-state index contributed by atoms with van der Waals surface area (Å²) in [5.41, 5.74) is 2.99. The van der Waals surface area contributed by atoms with Gasteiger partial charge in [0.05, 0.1) is 13.2 Å². The fraction of sp³-hybridized carbons (Fsp3) is 0.320. The van der Waals surface area contributed by atoms with Crippen LogP contribution in [0.2, 0.25) is 0 Å². The Labute approximate surface area is 188 Å². The fourth-order valence-corrected chi connectivity index (χ4v) is 2.88. The summed E-state index contributed by atoms with van der Waals surface area (Å²) in [6, 6.07) is 14.0. The van der Waals surface area contributed by atoms with Crippen LogP contribution in [0.15, 0.2) is 54.6 Å². The summed E-state index contributed by atoms with van der Waals surface area (Å²) in [6.45, 7) is 5.02. The molecule has 1 unspecified atom stereocenters. The van der Waals surface area contributed by atoms with E-state index in [-0.39, 0.29) is 6.04 Å². The zero-order valence-electron chi connectivity index (χ0n) is 18.9. The highest BCUT2D eigenvalue weighted by atomic mass is 16.5. The molecule has 2 amide bonds. The van der Waals surface area contributed by atoms with Crippen molar-refractivity contribution in [3.63, 3.8) is 0 Å². The molecular formula is C25H30N2O5. The second kappa shape index (κ2) is 12.3. The minimum absolute atomic E-state index is 0.215. The SMILES string of the molecule is CCc1ccc(C(C)NC(=O)COC(=O)[C@H](C)NC(=O)C=Cc2ccc(OC)cc2)cc1. The van der Waals surface area contributed by atoms with Crippen LogP contribution in [0.25, 0.3) is 6.08 Å². The second-order valence-corrected chi connectivity index (χ2v) is 7.33. The molecule has 0 radical (unpaired) electrons. The molecule has 0 saturated carbocycles. The summed E-state index contributed by atoms with van der Waals surface area (Å²) in [4.78, 5) is 36.2. The van der Waals surface area contributed by atoms with Gasteiger partial charge in [-0.15, -0.1) is 0 Å². The average Bonchev–Trinajstić information content (AvgIpc) is 2.81. The highest BCUT2D eigenvalue weighted by Crippen LogP contribution is 2.14. The van der Waals surface area contributed by atoms with Crippen LogP contribution in [-0.4, -0.2) is 37.5 Å². The predicted molar refractivity (Wildman–Crippen MR) is 123 cm³/mol. The number of benzene rings is 2. The van der Waals surface area contributed by atoms with Gasteiger partial charge in [-0.1, -0.05) is 43.3 Å². The summed E-state index contributed by atoms with van der Waals surface area (Å²) in [5.74, 6) is -0.829. The van der Waals surface area contributed by atoms with Crippen molar-refractivity contribution in [1.82, 2.24) is 10.6 Å². The van der Waals surface area contributed by atoms with E-state index in [2.05, 4.69) is 17.6 Å². The van der Waals surface area contributed by atoms with Gasteiger partial charge in [0.15, 0.2) is 6.61 Å². The number of amides is 2. The van der Waals surface area contributed by atoms with Gasteiger partial charge in [0.25, 0.3) is 5.91 Å². The molecule has 170 valence electrons. The third kappa shape index (κ3) is 7.91. The summed E-state index contributed by atoms with van der Waals surface area (Å²) in [6.07, 6.45) is 3.89. The molecule has 7 nitrogen and oxygen atoms in total. The number of esters is 1. The molecule has 32 heavy (non-hydrogen) atoms. The van der Waals surface area contributed by atoms with Crippen molar-refractivity contribution >= 4 is 23.9 Å². The lowest BCUT2D eigenvalue weighted by atomic mass is 10.1. The number of rotatable bonds is 10. The van der Waals surface area contributed by atoms with E-state index in [0.29, 0.717) is 0 Å². The lowest BCUT2D eigenvalue weighted by molar-refractivity contribution is -0.151. The number of hydrogen-bond donors (Lipinski definition) is 2. The zero-order chi connectivity index (χ0) is 23.5. The molecule has 2 N–H and O–H groups in total. The smallest absolute Gasteiger partial charge is 0.328 e. The van der Waals surface area contributed by atoms with Crippen molar-refractivity contribution in [1.29, 1.82) is 0 Å². The van der Waals surface area contributed by atoms with E-state index in [1.807, 2.05) is 31.2 Å². The van der Waals surface area contributed by atoms with Gasteiger partial charge in [0, 0.05) is 6.08 Å². The molecule has 0 aromatic heterocycles. The topological polar surface area (TPSA) is 93.7 Å². The predicted octanol–water partition coefficient (Wildman–Crippen LogP) is 3.20. The number of hydrogen-bond acceptors (Lipinski definition) is 5. The number of nitrogens with one attached hydrogen (secondary N) is 2. The Bertz CT molecular complexity index is 936. The summed E-state index contributed by atoms with van der Waals surface area (Å²) < 4.78 is 10.1. The minimum Gasteiger partial charge on any atom is -0.497 e. The van der Waals surface area contributed by atoms with Crippen LogP contribution in [0.3, 0.4) is 0 Å². The maximum atomic E-state index is 12.1. The first kappa shape index (κ1) is 24.7. The van der Waals surface area contributed by atoms with Gasteiger partial charge in [-0.3, -0.25) is 9.59 Å². The van der Waals surface area contributed by atoms with Gasteiger partial charge in [0.1, 0.15) is 11.8 Å². The molecular weight excluding hydrogens is 408 g/mol. The van der Waals surface area contributed by atoms with Gasteiger partial charge in [-0.05, 0) is 55.2 Å². The standard InChI is InChI=1S/C25H30N2O5/c1-5-19-6-11-21(12-7-19)17(2)26-24(29)16-32-25(30)18(3)27-23(28)15-10-20-8-13-22(31-4)14-9-20/h6-15,17-18H,5,16H2,1-4H3,(H,26,29)(H,27,28)/t17?,18-/m0/s1. The van der Waals surface area contributed by atoms with E-state index in [1.54, 1.807) is 37.5 Å². The molecule has 0 saturated heterocycles. The van der Waals surface area contributed by atoms with Crippen molar-refractivity contribution in [2.24, 2.45) is 0 Å². The molecule has 0 aliphatic carbocycles. The van der Waals surface area contributed by atoms with Crippen LogP contribution in [0.4, 0.5) is 0 Å². The minimum atomic E-state index is -0.894. The van der Waals surface area contributed by atoms with Crippen LogP contribution >= 0.6 is 0 Å². The monoisotopic (exact) mass is 438 g/mol. The number of ether oxygens (including phenoxy) is 2. The van der Waals surface area contributed by atoms with Crippen LogP contribution in [0.5, 0.6) is 5.75 Å². The van der Waals surface area contributed by atoms with Crippen molar-refractivity contribution in [2.75, 3.05) is 13.7 Å². The Morgan fingerprint density at radius 1 is 0.969 bits per heavy atom. The molecule has 7 heteroatoms. The molecule has 2 aromatic rings. The summed E-state index contributed by atoms with van der Waals surface area (Å²) >= 11 is 0. The third-order valence-corrected chi connectivity index (χ3v) is 4.87. The van der Waals surface area contributed by atoms with Crippen molar-refractivity contribution in [2.45, 2.75) is 39.3 Å². The normalized spacial score (nSPS) is 12.6. The van der Waals surface area contributed by atoms with E-state index in [0.717, 1.165) is 23.3 Å². The van der Waals surface area contributed by atoms with Gasteiger partial charge in [-0.25, -0.2) is 4.79 Å². The average molecular weight is 439 g/mol. The Morgan fingerprint density at radius 2 is 1.62 bits per heavy atom. The van der Waals surface area contributed by atoms with Gasteiger partial charge >= 0.3 is 5.97 Å². The number of carbonyl (C=O) groups excluding carboxylic acids is 3. The number of carbonyl (C=O) groups is 3. The highest BCUT2D eigenvalue weighted by molar-refractivity contribution is 5.94. The summed E-state index contributed by atoms with van der Waals surface area (Å²) in [7, 11) is 1.58. The molecule has 0 aliphatic heterocycles. The second-order valence-electron chi connectivity index (χ2n) is 7.33. The number of aryl methyl sites for hydroxylation is 1. The van der Waals surface area contributed by atoms with Crippen LogP contribution < -0.4 is 15.4 Å². The van der Waals surface area contributed by atoms with Crippen molar-refractivity contribution in [3.05, 3.63) is 71.3 Å². The Hall–Kier alpha value is -3.61. The van der Waals surface area contributed by atoms with Gasteiger partial charge in [-0.2, -0.15) is 0 Å². The maximum absolute atomic E-state index is 12.1. The molecule has 0 fully saturated rings. The van der Waals surface area contributed by atoms with Crippen LogP contribution in [0.1, 0.15) is 43.5 Å². The van der Waals surface area contributed by atoms with E-state index >= 15 is 0 Å². The van der Waals surface area contributed by atoms with Crippen molar-refractivity contribution < 1.29 is 23.9 Å². The molecule has 0 aliphatic rings. The van der Waals surface area contributed by atoms with Crippen molar-refractivity contribution in [3.8, 4) is 5.75 Å².